The Morgan fingerprint density at radius 3 is 2.83 bits per heavy atom. The van der Waals surface area contributed by atoms with Gasteiger partial charge in [-0.05, 0) is 18.0 Å². The van der Waals surface area contributed by atoms with Crippen LogP contribution in [0.5, 0.6) is 5.88 Å². The molecule has 1 aliphatic heterocycles. The summed E-state index contributed by atoms with van der Waals surface area (Å²) in [5.74, 6) is -0.677. The summed E-state index contributed by atoms with van der Waals surface area (Å²) in [4.78, 5) is 32.3. The highest BCUT2D eigenvalue weighted by Crippen LogP contribution is 2.41. The second kappa shape index (κ2) is 12.8. The molecule has 2 N–H and O–H groups in total. The predicted octanol–water partition coefficient (Wildman–Crippen LogP) is 2.70. The molecule has 3 aromatic rings. The molecule has 3 atom stereocenters. The van der Waals surface area contributed by atoms with Gasteiger partial charge in [-0.2, -0.15) is 0 Å². The van der Waals surface area contributed by atoms with Crippen LogP contribution in [0.1, 0.15) is 59.2 Å². The molecule has 3 heterocycles. The molecule has 2 aromatic heterocycles. The van der Waals surface area contributed by atoms with Crippen molar-refractivity contribution in [1.82, 2.24) is 24.9 Å². The number of rotatable bonds is 10. The smallest absolute Gasteiger partial charge is 0.377 e. The van der Waals surface area contributed by atoms with Crippen molar-refractivity contribution in [3.8, 4) is 17.1 Å². The Morgan fingerprint density at radius 1 is 1.22 bits per heavy atom. The molecule has 12 heteroatoms. The summed E-state index contributed by atoms with van der Waals surface area (Å²) < 4.78 is 22.7. The van der Waals surface area contributed by atoms with E-state index in [-0.39, 0.29) is 42.8 Å². The van der Waals surface area contributed by atoms with Crippen molar-refractivity contribution in [3.63, 3.8) is 0 Å². The highest BCUT2D eigenvalue weighted by atomic mass is 16.6. The molecule has 1 saturated carbocycles. The number of nitrogens with zero attached hydrogens (tertiary/aromatic N) is 4. The van der Waals surface area contributed by atoms with E-state index < -0.39 is 11.6 Å². The highest BCUT2D eigenvalue weighted by molar-refractivity contribution is 5.98. The van der Waals surface area contributed by atoms with Crippen molar-refractivity contribution in [3.05, 3.63) is 54.2 Å². The van der Waals surface area contributed by atoms with E-state index in [4.69, 9.17) is 14.0 Å². The lowest BCUT2D eigenvalue weighted by Gasteiger charge is -2.41. The number of piperazine rings is 1. The molecule has 1 saturated heterocycles. The molecule has 0 bridgehead atoms. The van der Waals surface area contributed by atoms with Crippen LogP contribution in [-0.2, 0) is 9.47 Å². The maximum absolute atomic E-state index is 14.1. The zero-order chi connectivity index (χ0) is 28.8. The van der Waals surface area contributed by atoms with Crippen LogP contribution in [0.4, 0.5) is 0 Å². The molecule has 0 radical (unpaired) electrons. The van der Waals surface area contributed by atoms with Crippen LogP contribution in [0.25, 0.3) is 11.3 Å². The van der Waals surface area contributed by atoms with Gasteiger partial charge in [-0.3, -0.25) is 4.79 Å². The molecule has 2 aliphatic rings. The molecule has 1 aromatic carbocycles. The molecule has 5 rings (SSSR count). The number of aliphatic hydroxyl groups is 1. The van der Waals surface area contributed by atoms with Crippen molar-refractivity contribution in [2.75, 3.05) is 47.1 Å². The average molecular weight is 568 g/mol. The molecule has 12 nitrogen and oxygen atoms in total. The summed E-state index contributed by atoms with van der Waals surface area (Å²) in [6.07, 6.45) is 5.48. The SMILES string of the molecule is COC[C@]1(O)CCCC[C@H]1n1cnc(C(=O)N2CCNC[C@H]2CCOc2cc(C(=O)OC)on2)c1-c1ccccc1. The number of nitrogens with one attached hydrogen (secondary N) is 1. The number of amides is 1. The van der Waals surface area contributed by atoms with Crippen LogP contribution >= 0.6 is 0 Å². The van der Waals surface area contributed by atoms with Crippen LogP contribution in [0, 0.1) is 0 Å². The van der Waals surface area contributed by atoms with Gasteiger partial charge < -0.3 is 38.6 Å². The second-order valence-electron chi connectivity index (χ2n) is 10.5. The van der Waals surface area contributed by atoms with Gasteiger partial charge in [0.25, 0.3) is 11.8 Å². The van der Waals surface area contributed by atoms with Crippen molar-refractivity contribution in [1.29, 1.82) is 0 Å². The third kappa shape index (κ3) is 6.14. The summed E-state index contributed by atoms with van der Waals surface area (Å²) in [6.45, 7) is 2.23. The number of esters is 1. The first-order chi connectivity index (χ1) is 19.9. The lowest BCUT2D eigenvalue weighted by molar-refractivity contribution is -0.0893. The monoisotopic (exact) mass is 567 g/mol. The first-order valence-electron chi connectivity index (χ1n) is 14.0. The number of benzene rings is 1. The van der Waals surface area contributed by atoms with Crippen LogP contribution in [0.2, 0.25) is 0 Å². The van der Waals surface area contributed by atoms with Gasteiger partial charge in [-0.1, -0.05) is 43.2 Å². The van der Waals surface area contributed by atoms with Crippen molar-refractivity contribution >= 4 is 11.9 Å². The number of hydrogen-bond acceptors (Lipinski definition) is 10. The van der Waals surface area contributed by atoms with Crippen LogP contribution in [-0.4, -0.2) is 95.3 Å². The van der Waals surface area contributed by atoms with E-state index in [1.54, 1.807) is 13.4 Å². The Balaban J connectivity index is 1.38. The quantitative estimate of drug-likeness (QED) is 0.351. The number of hydrogen-bond donors (Lipinski definition) is 2. The lowest BCUT2D eigenvalue weighted by Crippen LogP contribution is -2.54. The van der Waals surface area contributed by atoms with E-state index in [2.05, 4.69) is 20.2 Å². The van der Waals surface area contributed by atoms with E-state index in [1.807, 2.05) is 39.8 Å². The number of carbonyl (C=O) groups excluding carboxylic acids is 2. The van der Waals surface area contributed by atoms with E-state index in [1.165, 1.54) is 13.2 Å². The van der Waals surface area contributed by atoms with Crippen LogP contribution in [0.15, 0.2) is 47.2 Å². The average Bonchev–Trinajstić information content (AvgIpc) is 3.65. The second-order valence-corrected chi connectivity index (χ2v) is 10.5. The fourth-order valence-corrected chi connectivity index (χ4v) is 5.90. The summed E-state index contributed by atoms with van der Waals surface area (Å²) in [7, 11) is 2.85. The summed E-state index contributed by atoms with van der Waals surface area (Å²) in [5.41, 5.74) is 0.861. The normalized spacial score (nSPS) is 22.9. The fraction of sp³-hybridized carbons (Fsp3) is 0.517. The number of imidazole rings is 1. The molecule has 2 fully saturated rings. The molecule has 220 valence electrons. The summed E-state index contributed by atoms with van der Waals surface area (Å²) >= 11 is 0. The highest BCUT2D eigenvalue weighted by Gasteiger charge is 2.42. The number of ether oxygens (including phenoxy) is 3. The minimum Gasteiger partial charge on any atom is -0.475 e. The minimum atomic E-state index is -1.05. The minimum absolute atomic E-state index is 0.0435. The predicted molar refractivity (Wildman–Crippen MR) is 148 cm³/mol. The first kappa shape index (κ1) is 28.8. The van der Waals surface area contributed by atoms with Crippen molar-refractivity contribution in [2.24, 2.45) is 0 Å². The van der Waals surface area contributed by atoms with Gasteiger partial charge in [0.05, 0.1) is 44.5 Å². The maximum Gasteiger partial charge on any atom is 0.377 e. The number of carbonyl (C=O) groups is 2. The summed E-state index contributed by atoms with van der Waals surface area (Å²) in [5, 5.41) is 18.7. The molecule has 1 aliphatic carbocycles. The van der Waals surface area contributed by atoms with Gasteiger partial charge in [-0.15, -0.1) is 0 Å². The Hall–Kier alpha value is -3.74. The zero-order valence-corrected chi connectivity index (χ0v) is 23.5. The van der Waals surface area contributed by atoms with Crippen molar-refractivity contribution in [2.45, 2.75) is 49.8 Å². The van der Waals surface area contributed by atoms with Gasteiger partial charge >= 0.3 is 5.97 Å². The molecule has 1 amide bonds. The molecule has 0 unspecified atom stereocenters. The standard InChI is InChI=1S/C29H37N5O7/c1-38-18-29(37)12-7-6-10-23(29)34-19-31-25(26(34)20-8-4-3-5-9-20)27(35)33-14-13-30-17-21(33)11-15-40-24-16-22(41-32-24)28(36)39-2/h3-5,8-9,16,19,21,23,30,37H,6-7,10-15,17-18H2,1-2H3/t21-,23-,29-/m1/s1. The number of aromatic nitrogens is 3. The van der Waals surface area contributed by atoms with Gasteiger partial charge in [0.1, 0.15) is 5.60 Å². The Bertz CT molecular complexity index is 1320. The van der Waals surface area contributed by atoms with E-state index in [0.29, 0.717) is 43.9 Å². The molecular formula is C29H37N5O7. The molecular weight excluding hydrogens is 530 g/mol. The maximum atomic E-state index is 14.1. The molecule has 0 spiro atoms. The lowest BCUT2D eigenvalue weighted by atomic mass is 9.80. The third-order valence-electron chi connectivity index (χ3n) is 7.92. The van der Waals surface area contributed by atoms with E-state index >= 15 is 0 Å². The third-order valence-corrected chi connectivity index (χ3v) is 7.92. The molecule has 41 heavy (non-hydrogen) atoms. The van der Waals surface area contributed by atoms with Gasteiger partial charge in [-0.25, -0.2) is 9.78 Å². The van der Waals surface area contributed by atoms with Crippen LogP contribution in [0.3, 0.4) is 0 Å². The van der Waals surface area contributed by atoms with Gasteiger partial charge in [0.15, 0.2) is 5.69 Å². The largest absolute Gasteiger partial charge is 0.475 e. The Labute approximate surface area is 238 Å². The van der Waals surface area contributed by atoms with Gasteiger partial charge in [0.2, 0.25) is 5.76 Å². The number of methoxy groups -OCH3 is 2. The van der Waals surface area contributed by atoms with Gasteiger partial charge in [0, 0.05) is 44.8 Å². The fourth-order valence-electron chi connectivity index (χ4n) is 5.90. The van der Waals surface area contributed by atoms with Crippen LogP contribution < -0.4 is 10.1 Å². The zero-order valence-electron chi connectivity index (χ0n) is 23.5. The Morgan fingerprint density at radius 2 is 2.05 bits per heavy atom. The van der Waals surface area contributed by atoms with E-state index in [9.17, 15) is 14.7 Å². The summed E-state index contributed by atoms with van der Waals surface area (Å²) in [6, 6.07) is 10.7. The Kier molecular flexibility index (Phi) is 9.01. The van der Waals surface area contributed by atoms with E-state index in [0.717, 1.165) is 24.8 Å². The first-order valence-corrected chi connectivity index (χ1v) is 14.0. The van der Waals surface area contributed by atoms with Crippen molar-refractivity contribution < 1.29 is 33.4 Å². The topological polar surface area (TPSA) is 141 Å².